The highest BCUT2D eigenvalue weighted by molar-refractivity contribution is 7.85. The van der Waals surface area contributed by atoms with Gasteiger partial charge >= 0.3 is 0 Å². The van der Waals surface area contributed by atoms with Gasteiger partial charge in [-0.25, -0.2) is 0 Å². The lowest BCUT2D eigenvalue weighted by Crippen LogP contribution is -2.00. The van der Waals surface area contributed by atoms with Crippen LogP contribution in [-0.2, 0) is 16.5 Å². The summed E-state index contributed by atoms with van der Waals surface area (Å²) in [4.78, 5) is -0.0485. The quantitative estimate of drug-likeness (QED) is 0.636. The summed E-state index contributed by atoms with van der Waals surface area (Å²) in [5.74, 6) is 0. The van der Waals surface area contributed by atoms with Gasteiger partial charge in [0.15, 0.2) is 0 Å². The molecule has 0 saturated heterocycles. The van der Waals surface area contributed by atoms with Gasteiger partial charge < -0.3 is 0 Å². The van der Waals surface area contributed by atoms with E-state index in [1.54, 1.807) is 6.07 Å². The highest BCUT2D eigenvalue weighted by Crippen LogP contribution is 2.16. The molecule has 0 fully saturated rings. The molecule has 0 aliphatic rings. The molecule has 82 valence electrons. The number of rotatable bonds is 3. The third kappa shape index (κ3) is 3.18. The maximum Gasteiger partial charge on any atom is 0.294 e. The van der Waals surface area contributed by atoms with Crippen LogP contribution < -0.4 is 0 Å². The Morgan fingerprint density at radius 2 is 2.07 bits per heavy atom. The third-order valence-corrected chi connectivity index (χ3v) is 3.04. The molecule has 0 bridgehead atoms. The Morgan fingerprint density at radius 1 is 1.40 bits per heavy atom. The van der Waals surface area contributed by atoms with E-state index in [0.717, 1.165) is 11.1 Å². The van der Waals surface area contributed by atoms with Gasteiger partial charge in [-0.3, -0.25) is 4.55 Å². The Bertz CT molecular complexity index is 473. The van der Waals surface area contributed by atoms with Gasteiger partial charge in [0.05, 0.1) is 4.90 Å². The normalized spacial score (nSPS) is 12.2. The van der Waals surface area contributed by atoms with Crippen LogP contribution in [0.25, 0.3) is 0 Å². The first-order valence-electron chi connectivity index (χ1n) is 4.63. The average Bonchev–Trinajstić information content (AvgIpc) is 2.15. The van der Waals surface area contributed by atoms with Gasteiger partial charge in [-0.05, 0) is 43.5 Å². The zero-order valence-corrected chi connectivity index (χ0v) is 9.58. The molecule has 0 aromatic heterocycles. The van der Waals surface area contributed by atoms with Gasteiger partial charge in [0.1, 0.15) is 0 Å². The van der Waals surface area contributed by atoms with Crippen molar-refractivity contribution in [1.29, 1.82) is 0 Å². The molecule has 0 aliphatic heterocycles. The Kier molecular flexibility index (Phi) is 3.66. The van der Waals surface area contributed by atoms with E-state index < -0.39 is 10.1 Å². The van der Waals surface area contributed by atoms with Gasteiger partial charge in [0.25, 0.3) is 10.1 Å². The highest BCUT2D eigenvalue weighted by atomic mass is 32.2. The zero-order chi connectivity index (χ0) is 11.5. The largest absolute Gasteiger partial charge is 0.294 e. The van der Waals surface area contributed by atoms with E-state index in [1.807, 2.05) is 26.0 Å². The van der Waals surface area contributed by atoms with Gasteiger partial charge in [0, 0.05) is 0 Å². The molecule has 0 spiro atoms. The zero-order valence-electron chi connectivity index (χ0n) is 8.77. The number of hydrogen-bond donors (Lipinski definition) is 1. The molecule has 0 atom stereocenters. The van der Waals surface area contributed by atoms with E-state index in [-0.39, 0.29) is 4.90 Å². The summed E-state index contributed by atoms with van der Waals surface area (Å²) >= 11 is 0. The maximum absolute atomic E-state index is 10.9. The monoisotopic (exact) mass is 226 g/mol. The van der Waals surface area contributed by atoms with E-state index in [2.05, 4.69) is 0 Å². The Morgan fingerprint density at radius 3 is 2.60 bits per heavy atom. The minimum absolute atomic E-state index is 0.0485. The van der Waals surface area contributed by atoms with Gasteiger partial charge in [0.2, 0.25) is 0 Å². The van der Waals surface area contributed by atoms with Gasteiger partial charge in [-0.1, -0.05) is 18.2 Å². The lowest BCUT2D eigenvalue weighted by atomic mass is 10.1. The van der Waals surface area contributed by atoms with Crippen molar-refractivity contribution < 1.29 is 13.0 Å². The Balaban J connectivity index is 3.17. The van der Waals surface area contributed by atoms with Crippen molar-refractivity contribution >= 4 is 10.1 Å². The fraction of sp³-hybridized carbons (Fsp3) is 0.273. The van der Waals surface area contributed by atoms with Gasteiger partial charge in [-0.2, -0.15) is 8.42 Å². The Labute approximate surface area is 90.2 Å². The van der Waals surface area contributed by atoms with Crippen LogP contribution in [0.15, 0.2) is 35.2 Å². The first-order chi connectivity index (χ1) is 6.95. The Hall–Kier alpha value is -1.13. The summed E-state index contributed by atoms with van der Waals surface area (Å²) in [6, 6.07) is 4.61. The second-order valence-electron chi connectivity index (χ2n) is 3.34. The molecule has 0 heterocycles. The standard InChI is InChI=1S/C11H14O3S/c1-3-4-5-10-8-11(15(12,13)14)7-6-9(10)2/h3-4,6-8H,5H2,1-2H3,(H,12,13,14). The molecule has 1 rings (SSSR count). The van der Waals surface area contributed by atoms with Crippen LogP contribution in [0.1, 0.15) is 18.1 Å². The molecule has 0 aliphatic carbocycles. The average molecular weight is 226 g/mol. The summed E-state index contributed by atoms with van der Waals surface area (Å²) in [5.41, 5.74) is 1.92. The predicted octanol–water partition coefficient (Wildman–Crippen LogP) is 2.36. The summed E-state index contributed by atoms with van der Waals surface area (Å²) in [7, 11) is -4.09. The van der Waals surface area contributed by atoms with Crippen LogP contribution in [0.2, 0.25) is 0 Å². The van der Waals surface area contributed by atoms with Crippen LogP contribution in [0.3, 0.4) is 0 Å². The van der Waals surface area contributed by atoms with Crippen molar-refractivity contribution in [3.63, 3.8) is 0 Å². The maximum atomic E-state index is 10.9. The fourth-order valence-corrected chi connectivity index (χ4v) is 1.80. The highest BCUT2D eigenvalue weighted by Gasteiger charge is 2.10. The van der Waals surface area contributed by atoms with Crippen molar-refractivity contribution in [2.45, 2.75) is 25.2 Å². The summed E-state index contributed by atoms with van der Waals surface area (Å²) in [6.07, 6.45) is 4.52. The van der Waals surface area contributed by atoms with Crippen LogP contribution in [-0.4, -0.2) is 13.0 Å². The molecule has 4 heteroatoms. The van der Waals surface area contributed by atoms with Crippen molar-refractivity contribution in [2.75, 3.05) is 0 Å². The van der Waals surface area contributed by atoms with Crippen molar-refractivity contribution in [3.05, 3.63) is 41.5 Å². The van der Waals surface area contributed by atoms with Crippen molar-refractivity contribution in [3.8, 4) is 0 Å². The van der Waals surface area contributed by atoms with Crippen LogP contribution in [0, 0.1) is 6.92 Å². The molecule has 1 aromatic rings. The molecule has 0 saturated carbocycles. The summed E-state index contributed by atoms with van der Waals surface area (Å²) < 4.78 is 30.7. The molecule has 3 nitrogen and oxygen atoms in total. The van der Waals surface area contributed by atoms with Gasteiger partial charge in [-0.15, -0.1) is 0 Å². The number of allylic oxidation sites excluding steroid dienone is 2. The smallest absolute Gasteiger partial charge is 0.282 e. The summed E-state index contributed by atoms with van der Waals surface area (Å²) in [6.45, 7) is 3.81. The van der Waals surface area contributed by atoms with Crippen LogP contribution >= 0.6 is 0 Å². The lowest BCUT2D eigenvalue weighted by molar-refractivity contribution is 0.483. The first kappa shape index (κ1) is 11.9. The topological polar surface area (TPSA) is 54.4 Å². The van der Waals surface area contributed by atoms with E-state index >= 15 is 0 Å². The van der Waals surface area contributed by atoms with E-state index in [9.17, 15) is 8.42 Å². The molecular weight excluding hydrogens is 212 g/mol. The number of hydrogen-bond acceptors (Lipinski definition) is 2. The fourth-order valence-electron chi connectivity index (χ4n) is 1.27. The minimum Gasteiger partial charge on any atom is -0.282 e. The number of benzene rings is 1. The predicted molar refractivity (Wildman–Crippen MR) is 59.5 cm³/mol. The van der Waals surface area contributed by atoms with E-state index in [1.165, 1.54) is 12.1 Å². The molecular formula is C11H14O3S. The van der Waals surface area contributed by atoms with Crippen molar-refractivity contribution in [2.24, 2.45) is 0 Å². The van der Waals surface area contributed by atoms with E-state index in [4.69, 9.17) is 4.55 Å². The molecule has 1 N–H and O–H groups in total. The molecule has 15 heavy (non-hydrogen) atoms. The molecule has 0 amide bonds. The van der Waals surface area contributed by atoms with Crippen molar-refractivity contribution in [1.82, 2.24) is 0 Å². The van der Waals surface area contributed by atoms with Crippen LogP contribution in [0.5, 0.6) is 0 Å². The SMILES string of the molecule is CC=CCc1cc(S(=O)(=O)O)ccc1C. The minimum atomic E-state index is -4.09. The van der Waals surface area contributed by atoms with Crippen LogP contribution in [0.4, 0.5) is 0 Å². The third-order valence-electron chi connectivity index (χ3n) is 2.19. The first-order valence-corrected chi connectivity index (χ1v) is 6.07. The lowest BCUT2D eigenvalue weighted by Gasteiger charge is -2.04. The molecule has 0 unspecified atom stereocenters. The number of aryl methyl sites for hydroxylation is 1. The summed E-state index contributed by atoms with van der Waals surface area (Å²) in [5, 5.41) is 0. The second-order valence-corrected chi connectivity index (χ2v) is 4.76. The molecule has 1 aromatic carbocycles. The molecule has 0 radical (unpaired) electrons. The second kappa shape index (κ2) is 4.59. The van der Waals surface area contributed by atoms with E-state index in [0.29, 0.717) is 6.42 Å².